The minimum atomic E-state index is -0.519. The van der Waals surface area contributed by atoms with Gasteiger partial charge in [0.15, 0.2) is 12.4 Å². The first-order valence-electron chi connectivity index (χ1n) is 5.03. The van der Waals surface area contributed by atoms with E-state index in [4.69, 9.17) is 9.26 Å². The van der Waals surface area contributed by atoms with E-state index < -0.39 is 5.97 Å². The Balaban J connectivity index is 1.98. The van der Waals surface area contributed by atoms with Gasteiger partial charge in [-0.15, -0.1) is 0 Å². The van der Waals surface area contributed by atoms with Crippen LogP contribution in [-0.2, 0) is 11.3 Å². The molecule has 1 aromatic carbocycles. The summed E-state index contributed by atoms with van der Waals surface area (Å²) < 4.78 is 9.90. The molecule has 0 saturated heterocycles. The highest BCUT2D eigenvalue weighted by Crippen LogP contribution is 2.13. The molecule has 0 amide bonds. The highest BCUT2D eigenvalue weighted by Gasteiger charge is 2.09. The number of hydrogen-bond acceptors (Lipinski definition) is 5. The van der Waals surface area contributed by atoms with Crippen molar-refractivity contribution in [2.75, 3.05) is 0 Å². The summed E-state index contributed by atoms with van der Waals surface area (Å²) in [6.07, 6.45) is 0. The lowest BCUT2D eigenvalue weighted by Crippen LogP contribution is -2.04. The second kappa shape index (κ2) is 4.69. The molecule has 0 saturated carbocycles. The van der Waals surface area contributed by atoms with Crippen LogP contribution in [-0.4, -0.2) is 16.2 Å². The number of phenols is 1. The average Bonchev–Trinajstić information content (AvgIpc) is 2.72. The monoisotopic (exact) mass is 233 g/mol. The van der Waals surface area contributed by atoms with Gasteiger partial charge in [-0.2, -0.15) is 0 Å². The van der Waals surface area contributed by atoms with Gasteiger partial charge < -0.3 is 14.4 Å². The van der Waals surface area contributed by atoms with E-state index in [1.807, 2.05) is 0 Å². The predicted octanol–water partition coefficient (Wildman–Crippen LogP) is 2.05. The summed E-state index contributed by atoms with van der Waals surface area (Å²) in [6.45, 7) is 1.80. The van der Waals surface area contributed by atoms with Gasteiger partial charge in [-0.1, -0.05) is 11.2 Å². The molecule has 0 aliphatic heterocycles. The minimum absolute atomic E-state index is 0.0231. The van der Waals surface area contributed by atoms with E-state index in [1.165, 1.54) is 12.1 Å². The number of benzene rings is 1. The number of carbonyl (C=O) groups excluding carboxylic acids is 1. The molecule has 17 heavy (non-hydrogen) atoms. The average molecular weight is 233 g/mol. The Morgan fingerprint density at radius 3 is 2.94 bits per heavy atom. The number of esters is 1. The molecule has 0 unspecified atom stereocenters. The van der Waals surface area contributed by atoms with Gasteiger partial charge >= 0.3 is 5.97 Å². The fourth-order valence-corrected chi connectivity index (χ4v) is 1.34. The SMILES string of the molecule is Cc1cc(COC(=O)c2cccc(O)c2)on1. The van der Waals surface area contributed by atoms with Gasteiger partial charge in [0.25, 0.3) is 0 Å². The molecule has 0 aliphatic carbocycles. The number of nitrogens with zero attached hydrogens (tertiary/aromatic N) is 1. The number of aromatic hydroxyl groups is 1. The predicted molar refractivity (Wildman–Crippen MR) is 58.5 cm³/mol. The Morgan fingerprint density at radius 2 is 2.29 bits per heavy atom. The molecule has 2 rings (SSSR count). The van der Waals surface area contributed by atoms with Gasteiger partial charge in [0.2, 0.25) is 0 Å². The second-order valence-corrected chi connectivity index (χ2v) is 3.56. The Morgan fingerprint density at radius 1 is 1.47 bits per heavy atom. The zero-order valence-electron chi connectivity index (χ0n) is 9.21. The van der Waals surface area contributed by atoms with Crippen LogP contribution in [0.4, 0.5) is 0 Å². The van der Waals surface area contributed by atoms with Crippen molar-refractivity contribution < 1.29 is 19.2 Å². The zero-order chi connectivity index (χ0) is 12.3. The normalized spacial score (nSPS) is 10.2. The molecular weight excluding hydrogens is 222 g/mol. The van der Waals surface area contributed by atoms with Crippen LogP contribution in [0, 0.1) is 6.92 Å². The van der Waals surface area contributed by atoms with Crippen LogP contribution in [0.3, 0.4) is 0 Å². The van der Waals surface area contributed by atoms with Crippen LogP contribution in [0.25, 0.3) is 0 Å². The fraction of sp³-hybridized carbons (Fsp3) is 0.167. The summed E-state index contributed by atoms with van der Waals surface area (Å²) >= 11 is 0. The largest absolute Gasteiger partial charge is 0.508 e. The highest BCUT2D eigenvalue weighted by molar-refractivity contribution is 5.89. The molecule has 0 atom stereocenters. The summed E-state index contributed by atoms with van der Waals surface area (Å²) in [5.41, 5.74) is 1.02. The third kappa shape index (κ3) is 2.84. The van der Waals surface area contributed by atoms with Crippen molar-refractivity contribution >= 4 is 5.97 Å². The first-order chi connectivity index (χ1) is 8.15. The standard InChI is InChI=1S/C12H11NO4/c1-8-5-11(17-13-8)7-16-12(15)9-3-2-4-10(14)6-9/h2-6,14H,7H2,1H3. The molecule has 0 radical (unpaired) electrons. The van der Waals surface area contributed by atoms with Crippen molar-refractivity contribution in [2.24, 2.45) is 0 Å². The Labute approximate surface area is 97.6 Å². The van der Waals surface area contributed by atoms with Crippen LogP contribution < -0.4 is 0 Å². The summed E-state index contributed by atoms with van der Waals surface area (Å²) in [5.74, 6) is -0.0130. The number of phenolic OH excluding ortho intramolecular Hbond substituents is 1. The third-order valence-corrected chi connectivity index (χ3v) is 2.10. The molecule has 0 bridgehead atoms. The van der Waals surface area contributed by atoms with E-state index in [2.05, 4.69) is 5.16 Å². The fourth-order valence-electron chi connectivity index (χ4n) is 1.34. The number of rotatable bonds is 3. The van der Waals surface area contributed by atoms with Crippen molar-refractivity contribution in [3.63, 3.8) is 0 Å². The van der Waals surface area contributed by atoms with Crippen molar-refractivity contribution in [1.29, 1.82) is 0 Å². The van der Waals surface area contributed by atoms with Crippen LogP contribution in [0.5, 0.6) is 5.75 Å². The molecule has 0 spiro atoms. The van der Waals surface area contributed by atoms with Crippen molar-refractivity contribution in [1.82, 2.24) is 5.16 Å². The molecule has 5 nitrogen and oxygen atoms in total. The Kier molecular flexibility index (Phi) is 3.09. The maximum atomic E-state index is 11.6. The lowest BCUT2D eigenvalue weighted by atomic mass is 10.2. The van der Waals surface area contributed by atoms with E-state index >= 15 is 0 Å². The van der Waals surface area contributed by atoms with Crippen molar-refractivity contribution in [2.45, 2.75) is 13.5 Å². The molecule has 0 fully saturated rings. The van der Waals surface area contributed by atoms with Gasteiger partial charge in [-0.25, -0.2) is 4.79 Å². The smallest absolute Gasteiger partial charge is 0.338 e. The Bertz CT molecular complexity index is 533. The zero-order valence-corrected chi connectivity index (χ0v) is 9.21. The van der Waals surface area contributed by atoms with Crippen LogP contribution in [0.15, 0.2) is 34.9 Å². The molecule has 0 aliphatic rings. The van der Waals surface area contributed by atoms with Gasteiger partial charge in [-0.3, -0.25) is 0 Å². The molecular formula is C12H11NO4. The summed E-state index contributed by atoms with van der Waals surface area (Å²) in [7, 11) is 0. The number of aryl methyl sites for hydroxylation is 1. The molecule has 88 valence electrons. The molecule has 5 heteroatoms. The van der Waals surface area contributed by atoms with Crippen LogP contribution >= 0.6 is 0 Å². The molecule has 1 N–H and O–H groups in total. The number of hydrogen-bond donors (Lipinski definition) is 1. The molecule has 1 aromatic heterocycles. The summed E-state index contributed by atoms with van der Waals surface area (Å²) in [4.78, 5) is 11.6. The van der Waals surface area contributed by atoms with Crippen molar-refractivity contribution in [3.05, 3.63) is 47.3 Å². The van der Waals surface area contributed by atoms with Crippen molar-refractivity contribution in [3.8, 4) is 5.75 Å². The van der Waals surface area contributed by atoms with E-state index in [0.717, 1.165) is 5.69 Å². The minimum Gasteiger partial charge on any atom is -0.508 e. The topological polar surface area (TPSA) is 72.6 Å². The van der Waals surface area contributed by atoms with E-state index in [-0.39, 0.29) is 12.4 Å². The summed E-state index contributed by atoms with van der Waals surface area (Å²) in [5, 5.41) is 12.9. The van der Waals surface area contributed by atoms with Gasteiger partial charge in [-0.05, 0) is 25.1 Å². The third-order valence-electron chi connectivity index (χ3n) is 2.10. The lowest BCUT2D eigenvalue weighted by molar-refractivity contribution is 0.0437. The molecule has 1 heterocycles. The van der Waals surface area contributed by atoms with Gasteiger partial charge in [0.1, 0.15) is 5.75 Å². The van der Waals surface area contributed by atoms with Gasteiger partial charge in [0, 0.05) is 6.07 Å². The van der Waals surface area contributed by atoms with E-state index in [9.17, 15) is 9.90 Å². The number of carbonyl (C=O) groups is 1. The van der Waals surface area contributed by atoms with Crippen LogP contribution in [0.2, 0.25) is 0 Å². The maximum absolute atomic E-state index is 11.6. The maximum Gasteiger partial charge on any atom is 0.338 e. The number of aromatic nitrogens is 1. The summed E-state index contributed by atoms with van der Waals surface area (Å²) in [6, 6.07) is 7.65. The Hall–Kier alpha value is -2.30. The quantitative estimate of drug-likeness (QED) is 0.821. The first-order valence-corrected chi connectivity index (χ1v) is 5.03. The highest BCUT2D eigenvalue weighted by atomic mass is 16.5. The first kappa shape index (κ1) is 11.2. The molecule has 2 aromatic rings. The van der Waals surface area contributed by atoms with Gasteiger partial charge in [0.05, 0.1) is 11.3 Å². The van der Waals surface area contributed by atoms with E-state index in [0.29, 0.717) is 11.3 Å². The second-order valence-electron chi connectivity index (χ2n) is 3.56. The van der Waals surface area contributed by atoms with Crippen LogP contribution in [0.1, 0.15) is 21.8 Å². The van der Waals surface area contributed by atoms with E-state index in [1.54, 1.807) is 25.1 Å². The number of ether oxygens (including phenoxy) is 1. The lowest BCUT2D eigenvalue weighted by Gasteiger charge is -2.02.